The van der Waals surface area contributed by atoms with Gasteiger partial charge in [0.25, 0.3) is 0 Å². The Kier molecular flexibility index (Phi) is 41.6. The van der Waals surface area contributed by atoms with Gasteiger partial charge in [0.15, 0.2) is 12.4 Å². The number of aliphatic hydroxyl groups excluding tert-OH is 3. The normalized spacial score (nSPS) is 28.5. The van der Waals surface area contributed by atoms with Gasteiger partial charge in [-0.2, -0.15) is 0 Å². The van der Waals surface area contributed by atoms with Crippen molar-refractivity contribution in [3.05, 3.63) is 117 Å². The second kappa shape index (κ2) is 42.9. The van der Waals surface area contributed by atoms with Crippen LogP contribution in [0.2, 0.25) is 0 Å². The lowest BCUT2D eigenvalue weighted by Crippen LogP contribution is -2.53. The maximum absolute atomic E-state index is 11.2. The number of rotatable bonds is 14. The number of fused-ring (bicyclic) bond motifs is 7. The van der Waals surface area contributed by atoms with Crippen molar-refractivity contribution in [1.82, 2.24) is 0 Å². The van der Waals surface area contributed by atoms with E-state index in [-0.39, 0.29) is 132 Å². The van der Waals surface area contributed by atoms with Gasteiger partial charge in [0, 0.05) is 6.42 Å². The summed E-state index contributed by atoms with van der Waals surface area (Å²) < 4.78 is 52.2. The number of aliphatic hydroxyl groups is 3. The topological polar surface area (TPSA) is 322 Å². The molecule has 7 saturated heterocycles. The molecule has 12 rings (SSSR count). The maximum Gasteiger partial charge on any atom is 0.346 e. The van der Waals surface area contributed by atoms with E-state index in [1.54, 1.807) is 36.4 Å². The van der Waals surface area contributed by atoms with E-state index in [2.05, 4.69) is 69.2 Å². The van der Waals surface area contributed by atoms with Gasteiger partial charge in [0.05, 0.1) is 93.8 Å². The predicted octanol–water partition coefficient (Wildman–Crippen LogP) is 8.56. The molecule has 502 valence electrons. The second-order valence-electron chi connectivity index (χ2n) is 19.9. The van der Waals surface area contributed by atoms with Crippen LogP contribution in [0, 0.1) is 35.5 Å². The Balaban J connectivity index is -0.000000948. The largest absolute Gasteiger partial charge is 0.464 e. The average Bonchev–Trinajstić information content (AvgIpc) is 1.60. The molecule has 9 fully saturated rings. The van der Waals surface area contributed by atoms with Crippen LogP contribution in [0.4, 0.5) is 0 Å². The number of epoxide rings is 2. The summed E-state index contributed by atoms with van der Waals surface area (Å²) in [5.74, 6) is -2.93. The van der Waals surface area contributed by atoms with Crippen molar-refractivity contribution >= 4 is 59.3 Å². The van der Waals surface area contributed by atoms with Gasteiger partial charge in [-0.3, -0.25) is 28.8 Å². The molecule has 14 unspecified atom stereocenters. The van der Waals surface area contributed by atoms with Crippen molar-refractivity contribution in [2.24, 2.45) is 35.5 Å². The Hall–Kier alpha value is -6.93. The van der Waals surface area contributed by atoms with Gasteiger partial charge >= 0.3 is 53.7 Å². The fourth-order valence-corrected chi connectivity index (χ4v) is 9.19. The number of hydrogen-bond donors (Lipinski definition) is 3. The van der Waals surface area contributed by atoms with Crippen LogP contribution in [0.15, 0.2) is 100 Å². The maximum atomic E-state index is 11.2. The lowest BCUT2D eigenvalue weighted by Gasteiger charge is -2.34. The Morgan fingerprint density at radius 2 is 1.20 bits per heavy atom. The molecular weight excluding hydrogens is 1160 g/mol. The van der Waals surface area contributed by atoms with E-state index >= 15 is 0 Å². The van der Waals surface area contributed by atoms with E-state index < -0.39 is 60.4 Å². The van der Waals surface area contributed by atoms with Crippen molar-refractivity contribution in [3.8, 4) is 0 Å². The number of hydrogen-bond acceptors (Lipinski definition) is 23. The Labute approximate surface area is 526 Å². The molecule has 3 aliphatic carbocycles. The molecule has 1 aromatic carbocycles. The molecule has 14 atom stereocenters. The number of esters is 9. The van der Waals surface area contributed by atoms with Crippen LogP contribution in [0.1, 0.15) is 137 Å². The number of cyclic esters (lactones) is 9. The van der Waals surface area contributed by atoms with E-state index in [0.29, 0.717) is 62.1 Å². The Bertz CT molecular complexity index is 2520. The van der Waals surface area contributed by atoms with E-state index in [1.165, 1.54) is 25.3 Å². The van der Waals surface area contributed by atoms with Crippen molar-refractivity contribution in [2.45, 2.75) is 159 Å². The summed E-state index contributed by atoms with van der Waals surface area (Å²) in [7, 11) is 0. The van der Waals surface area contributed by atoms with Gasteiger partial charge in [-0.15, -0.1) is 32.9 Å². The molecule has 89 heavy (non-hydrogen) atoms. The van der Waals surface area contributed by atoms with Crippen molar-refractivity contribution in [3.63, 3.8) is 0 Å². The number of ether oxygens (including phenoxy) is 11. The summed E-state index contributed by atoms with van der Waals surface area (Å²) in [4.78, 5) is 95.8. The fourth-order valence-electron chi connectivity index (χ4n) is 9.19. The zero-order valence-corrected chi connectivity index (χ0v) is 45.7. The van der Waals surface area contributed by atoms with Gasteiger partial charge in [-0.05, 0) is 74.5 Å². The number of carbonyl (C=O) groups is 9. The third kappa shape index (κ3) is 26.6. The highest BCUT2D eigenvalue weighted by molar-refractivity contribution is 6.15. The van der Waals surface area contributed by atoms with E-state index in [9.17, 15) is 53.4 Å². The van der Waals surface area contributed by atoms with Crippen LogP contribution >= 0.6 is 0 Å². The predicted molar refractivity (Wildman–Crippen MR) is 333 cm³/mol. The summed E-state index contributed by atoms with van der Waals surface area (Å²) in [6, 6.07) is 4.97. The summed E-state index contributed by atoms with van der Waals surface area (Å²) in [6.45, 7) is 26.6. The molecule has 1 aromatic rings. The van der Waals surface area contributed by atoms with Gasteiger partial charge in [-0.1, -0.05) is 113 Å². The first-order valence-electron chi connectivity index (χ1n) is 26.7. The van der Waals surface area contributed by atoms with Crippen LogP contribution in [-0.4, -0.2) is 164 Å². The lowest BCUT2D eigenvalue weighted by atomic mass is 9.85. The standard InChI is InChI=1S/C11H8O3.C9H8O3.C8H14O5.C8H12O.C7H10O3.C7H8O3.C6H10O2.C3H2O3.7CH4/c1-6(2)7-3-4-8-9(5-7)11(13)14-10(8)12;10-8-6-4-1-2-5(3-4)7(6)9(11)12-8;1-2-3-12-8-7(11)6(10)5(9)4-13-8;1-2-6-3-4-7-8(5-6)9-7;1-2-4-9-6-3-5-10-7(6)8;1-2-3-5-4-6(8)10-7(5)9;1-2-3-7-4-6-5-8-6;4-2-1-3(5)6-2;;;;;;;/h3-5H,1H2,2H3;1-2,4-7H,3H2;2,5-11H,1,3-4H2;2,6-8H,1,3-5H2;2,6H,1,3-5H2;2,5H,1,3-4H2;2,6H,1,3-5H2;1H2;7*1H4. The molecule has 8 heterocycles. The van der Waals surface area contributed by atoms with Gasteiger partial charge in [0.1, 0.15) is 30.8 Å². The summed E-state index contributed by atoms with van der Waals surface area (Å²) in [6.07, 6.45) is 15.7. The van der Waals surface area contributed by atoms with Crippen LogP contribution in [0.5, 0.6) is 0 Å². The van der Waals surface area contributed by atoms with Crippen LogP contribution < -0.4 is 0 Å². The number of allylic oxidation sites excluding steroid dienone is 5. The molecule has 0 aromatic heterocycles. The smallest absolute Gasteiger partial charge is 0.346 e. The summed E-state index contributed by atoms with van der Waals surface area (Å²) >= 11 is 0. The third-order valence-electron chi connectivity index (χ3n) is 13.7. The van der Waals surface area contributed by atoms with Crippen LogP contribution in [-0.2, 0) is 85.7 Å². The molecule has 8 aliphatic heterocycles. The first kappa shape index (κ1) is 86.3. The average molecular weight is 1260 g/mol. The minimum atomic E-state index is -1.22. The summed E-state index contributed by atoms with van der Waals surface area (Å²) in [5, 5.41) is 27.7. The summed E-state index contributed by atoms with van der Waals surface area (Å²) in [5.41, 5.74) is 2.35. The highest BCUT2D eigenvalue weighted by atomic mass is 16.7. The van der Waals surface area contributed by atoms with E-state index in [0.717, 1.165) is 36.7 Å². The molecule has 0 amide bonds. The van der Waals surface area contributed by atoms with E-state index in [4.69, 9.17) is 33.5 Å². The first-order chi connectivity index (χ1) is 39.2. The van der Waals surface area contributed by atoms with Gasteiger partial charge in [-0.25, -0.2) is 14.4 Å². The Morgan fingerprint density at radius 3 is 1.67 bits per heavy atom. The quantitative estimate of drug-likeness (QED) is 0.0392. The number of benzene rings is 1. The molecular formula is C66H100O23. The van der Waals surface area contributed by atoms with E-state index in [1.807, 2.05) is 19.1 Å². The fraction of sp³-hybridized carbons (Fsp3) is 0.561. The molecule has 11 aliphatic rings. The SMILES string of the molecule is C.C.C.C.C.C.C.C=C(C)c1ccc2c(c1)C(=O)OC2=O.C=CC1CCC2OC2C1.C=CCC1CC(=O)OC1=O.C=CCOC1CCOC1=O.C=CCOC1OCC(O)C(O)C1O.C=CCOCC1CO1.O=C1CC(=O)O1.O=C1OC(=O)C2C3C=CC(C3)C12. The second-order valence-corrected chi connectivity index (χ2v) is 19.9. The molecule has 0 spiro atoms. The van der Waals surface area contributed by atoms with Crippen LogP contribution in [0.25, 0.3) is 5.57 Å². The lowest BCUT2D eigenvalue weighted by molar-refractivity contribution is -0.266. The van der Waals surface area contributed by atoms with Crippen molar-refractivity contribution in [1.29, 1.82) is 0 Å². The molecule has 0 radical (unpaired) electrons. The Morgan fingerprint density at radius 1 is 0.618 bits per heavy atom. The van der Waals surface area contributed by atoms with Crippen LogP contribution in [0.3, 0.4) is 0 Å². The molecule has 3 N–H and O–H groups in total. The van der Waals surface area contributed by atoms with Crippen molar-refractivity contribution < 1.29 is 111 Å². The highest BCUT2D eigenvalue weighted by Crippen LogP contribution is 2.51. The third-order valence-corrected chi connectivity index (χ3v) is 13.7. The van der Waals surface area contributed by atoms with Crippen molar-refractivity contribution in [2.75, 3.05) is 46.2 Å². The molecule has 23 heteroatoms. The first-order valence-corrected chi connectivity index (χ1v) is 26.7. The highest BCUT2D eigenvalue weighted by Gasteiger charge is 2.58. The number of carbonyl (C=O) groups excluding carboxylic acids is 9. The van der Waals surface area contributed by atoms with Gasteiger partial charge < -0.3 is 67.4 Å². The monoisotopic (exact) mass is 1260 g/mol. The minimum absolute atomic E-state index is 0. The zero-order chi connectivity index (χ0) is 60.0. The van der Waals surface area contributed by atoms with Gasteiger partial charge in [0.2, 0.25) is 0 Å². The minimum Gasteiger partial charge on any atom is -0.464 e. The molecule has 2 saturated carbocycles. The molecule has 23 nitrogen and oxygen atoms in total. The zero-order valence-electron chi connectivity index (χ0n) is 45.7. The molecule has 2 bridgehead atoms.